The van der Waals surface area contributed by atoms with Crippen molar-refractivity contribution in [2.24, 2.45) is 5.41 Å². The largest absolute Gasteiger partial charge is 0.392 e. The van der Waals surface area contributed by atoms with Crippen LogP contribution in [0.1, 0.15) is 39.5 Å². The van der Waals surface area contributed by atoms with Crippen LogP contribution in [0.3, 0.4) is 0 Å². The lowest BCUT2D eigenvalue weighted by molar-refractivity contribution is 0.186. The summed E-state index contributed by atoms with van der Waals surface area (Å²) < 4.78 is 0. The lowest BCUT2D eigenvalue weighted by Gasteiger charge is -2.27. The molecular formula is C13H26N2O. The van der Waals surface area contributed by atoms with Crippen molar-refractivity contribution in [2.45, 2.75) is 51.7 Å². The van der Waals surface area contributed by atoms with Crippen molar-refractivity contribution in [2.75, 3.05) is 26.2 Å². The van der Waals surface area contributed by atoms with Crippen LogP contribution in [0.4, 0.5) is 0 Å². The molecule has 3 heteroatoms. The quantitative estimate of drug-likeness (QED) is 0.756. The molecule has 3 nitrogen and oxygen atoms in total. The fourth-order valence-corrected chi connectivity index (χ4v) is 3.26. The summed E-state index contributed by atoms with van der Waals surface area (Å²) in [4.78, 5) is 2.59. The molecule has 2 rings (SSSR count). The molecule has 2 aliphatic rings. The molecular weight excluding hydrogens is 200 g/mol. The van der Waals surface area contributed by atoms with Crippen LogP contribution in [0.5, 0.6) is 0 Å². The third-order valence-electron chi connectivity index (χ3n) is 4.69. The maximum Gasteiger partial charge on any atom is 0.0680 e. The molecule has 0 aliphatic carbocycles. The van der Waals surface area contributed by atoms with Gasteiger partial charge in [0.1, 0.15) is 0 Å². The van der Waals surface area contributed by atoms with Gasteiger partial charge in [0, 0.05) is 25.7 Å². The first-order valence-electron chi connectivity index (χ1n) is 6.81. The zero-order chi connectivity index (χ0) is 11.6. The van der Waals surface area contributed by atoms with Crippen LogP contribution in [0.15, 0.2) is 0 Å². The van der Waals surface area contributed by atoms with E-state index in [4.69, 9.17) is 0 Å². The number of hydrogen-bond donors (Lipinski definition) is 2. The highest BCUT2D eigenvalue weighted by molar-refractivity contribution is 4.91. The molecule has 2 N–H and O–H groups in total. The molecule has 2 aliphatic heterocycles. The van der Waals surface area contributed by atoms with E-state index in [1.807, 2.05) is 0 Å². The molecule has 0 amide bonds. The van der Waals surface area contributed by atoms with Gasteiger partial charge in [0.05, 0.1) is 6.10 Å². The van der Waals surface area contributed by atoms with Crippen molar-refractivity contribution in [1.82, 2.24) is 10.2 Å². The van der Waals surface area contributed by atoms with E-state index < -0.39 is 0 Å². The van der Waals surface area contributed by atoms with E-state index in [9.17, 15) is 5.11 Å². The van der Waals surface area contributed by atoms with Crippen LogP contribution in [-0.4, -0.2) is 48.3 Å². The summed E-state index contributed by atoms with van der Waals surface area (Å²) in [6, 6.07) is 0.513. The number of nitrogens with one attached hydrogen (secondary N) is 1. The van der Waals surface area contributed by atoms with Crippen molar-refractivity contribution in [1.29, 1.82) is 0 Å². The Morgan fingerprint density at radius 2 is 2.12 bits per heavy atom. The molecule has 0 aromatic heterocycles. The molecule has 0 aromatic carbocycles. The summed E-state index contributed by atoms with van der Waals surface area (Å²) in [5.41, 5.74) is 0.581. The summed E-state index contributed by atoms with van der Waals surface area (Å²) in [7, 11) is 0. The Labute approximate surface area is 99.2 Å². The minimum Gasteiger partial charge on any atom is -0.392 e. The van der Waals surface area contributed by atoms with E-state index in [0.717, 1.165) is 19.5 Å². The number of nitrogens with zero attached hydrogens (tertiary/aromatic N) is 1. The molecule has 2 atom stereocenters. The molecule has 0 aromatic rings. The maximum absolute atomic E-state index is 9.49. The smallest absolute Gasteiger partial charge is 0.0680 e. The molecule has 0 bridgehead atoms. The van der Waals surface area contributed by atoms with Gasteiger partial charge in [-0.05, 0) is 37.6 Å². The predicted octanol–water partition coefficient (Wildman–Crippen LogP) is 1.22. The number of aliphatic hydroxyl groups excluding tert-OH is 1. The summed E-state index contributed by atoms with van der Waals surface area (Å²) in [5.74, 6) is 0. The van der Waals surface area contributed by atoms with Gasteiger partial charge in [0.15, 0.2) is 0 Å². The van der Waals surface area contributed by atoms with Gasteiger partial charge in [0.2, 0.25) is 0 Å². The number of aliphatic hydroxyl groups is 1. The van der Waals surface area contributed by atoms with Gasteiger partial charge in [-0.1, -0.05) is 13.8 Å². The third-order valence-corrected chi connectivity index (χ3v) is 4.69. The second-order valence-corrected chi connectivity index (χ2v) is 5.69. The molecule has 0 radical (unpaired) electrons. The summed E-state index contributed by atoms with van der Waals surface area (Å²) in [6.07, 6.45) is 4.79. The standard InChI is InChI=1S/C13H26N2O/c1-3-13(4-2)5-6-15(10-13)9-11-7-12(16)8-14-11/h11-12,14,16H,3-10H2,1-2H3. The molecule has 94 valence electrons. The van der Waals surface area contributed by atoms with E-state index >= 15 is 0 Å². The summed E-state index contributed by atoms with van der Waals surface area (Å²) in [6.45, 7) is 9.06. The number of rotatable bonds is 4. The van der Waals surface area contributed by atoms with Gasteiger partial charge in [-0.3, -0.25) is 0 Å². The van der Waals surface area contributed by atoms with Crippen molar-refractivity contribution in [3.05, 3.63) is 0 Å². The van der Waals surface area contributed by atoms with E-state index in [2.05, 4.69) is 24.1 Å². The predicted molar refractivity (Wildman–Crippen MR) is 66.5 cm³/mol. The van der Waals surface area contributed by atoms with E-state index in [0.29, 0.717) is 11.5 Å². The summed E-state index contributed by atoms with van der Waals surface area (Å²) in [5, 5.41) is 12.9. The van der Waals surface area contributed by atoms with Crippen LogP contribution >= 0.6 is 0 Å². The maximum atomic E-state index is 9.49. The monoisotopic (exact) mass is 226 g/mol. The van der Waals surface area contributed by atoms with Gasteiger partial charge < -0.3 is 15.3 Å². The van der Waals surface area contributed by atoms with Crippen LogP contribution < -0.4 is 5.32 Å². The van der Waals surface area contributed by atoms with Gasteiger partial charge in [0.25, 0.3) is 0 Å². The van der Waals surface area contributed by atoms with Gasteiger partial charge in [-0.25, -0.2) is 0 Å². The van der Waals surface area contributed by atoms with E-state index in [1.54, 1.807) is 0 Å². The zero-order valence-corrected chi connectivity index (χ0v) is 10.7. The van der Waals surface area contributed by atoms with Crippen molar-refractivity contribution in [3.8, 4) is 0 Å². The van der Waals surface area contributed by atoms with Crippen LogP contribution in [0.25, 0.3) is 0 Å². The van der Waals surface area contributed by atoms with Crippen molar-refractivity contribution < 1.29 is 5.11 Å². The number of β-amino-alcohol motifs (C(OH)–C–C–N with tert-alkyl or cyclic N) is 1. The molecule has 0 saturated carbocycles. The third kappa shape index (κ3) is 2.58. The normalized spacial score (nSPS) is 34.7. The SMILES string of the molecule is CCC1(CC)CCN(CC2CC(O)CN2)C1. The van der Waals surface area contributed by atoms with Crippen LogP contribution in [0, 0.1) is 5.41 Å². The summed E-state index contributed by atoms with van der Waals surface area (Å²) >= 11 is 0. The first-order chi connectivity index (χ1) is 7.67. The highest BCUT2D eigenvalue weighted by atomic mass is 16.3. The molecule has 16 heavy (non-hydrogen) atoms. The Balaban J connectivity index is 1.80. The van der Waals surface area contributed by atoms with Crippen molar-refractivity contribution in [3.63, 3.8) is 0 Å². The number of hydrogen-bond acceptors (Lipinski definition) is 3. The zero-order valence-electron chi connectivity index (χ0n) is 10.7. The Morgan fingerprint density at radius 1 is 1.38 bits per heavy atom. The number of likely N-dealkylation sites (tertiary alicyclic amines) is 1. The second-order valence-electron chi connectivity index (χ2n) is 5.69. The van der Waals surface area contributed by atoms with E-state index in [1.165, 1.54) is 32.4 Å². The second kappa shape index (κ2) is 5.03. The first kappa shape index (κ1) is 12.3. The molecule has 0 spiro atoms. The average Bonchev–Trinajstić information content (AvgIpc) is 2.87. The average molecular weight is 226 g/mol. The molecule has 2 unspecified atom stereocenters. The van der Waals surface area contributed by atoms with Gasteiger partial charge >= 0.3 is 0 Å². The Bertz CT molecular complexity index is 228. The molecule has 2 fully saturated rings. The fourth-order valence-electron chi connectivity index (χ4n) is 3.26. The van der Waals surface area contributed by atoms with Crippen LogP contribution in [-0.2, 0) is 0 Å². The minimum atomic E-state index is -0.116. The van der Waals surface area contributed by atoms with Gasteiger partial charge in [-0.2, -0.15) is 0 Å². The van der Waals surface area contributed by atoms with Crippen molar-refractivity contribution >= 4 is 0 Å². The molecule has 2 saturated heterocycles. The first-order valence-corrected chi connectivity index (χ1v) is 6.81. The highest BCUT2D eigenvalue weighted by Gasteiger charge is 2.36. The minimum absolute atomic E-state index is 0.116. The van der Waals surface area contributed by atoms with E-state index in [-0.39, 0.29) is 6.10 Å². The Hall–Kier alpha value is -0.120. The highest BCUT2D eigenvalue weighted by Crippen LogP contribution is 2.37. The van der Waals surface area contributed by atoms with Crippen LogP contribution in [0.2, 0.25) is 0 Å². The lowest BCUT2D eigenvalue weighted by Crippen LogP contribution is -2.37. The fraction of sp³-hybridized carbons (Fsp3) is 1.00. The topological polar surface area (TPSA) is 35.5 Å². The Kier molecular flexibility index (Phi) is 3.88. The van der Waals surface area contributed by atoms with Gasteiger partial charge in [-0.15, -0.1) is 0 Å². The lowest BCUT2D eigenvalue weighted by atomic mass is 9.82. The molecule has 2 heterocycles. The Morgan fingerprint density at radius 3 is 2.62 bits per heavy atom.